The molecule has 0 radical (unpaired) electrons. The van der Waals surface area contributed by atoms with E-state index in [2.05, 4.69) is 41.6 Å². The minimum absolute atomic E-state index is 0.213. The molecular weight excluding hydrogens is 422 g/mol. The fraction of sp³-hybridized carbons (Fsp3) is 0.154. The Morgan fingerprint density at radius 1 is 1.00 bits per heavy atom. The average Bonchev–Trinajstić information content (AvgIpc) is 3.21. The standard InChI is InChI=1S/C26H24ClN3O2/c1-18-6-8-20(9-7-18)16-30-13-12-25(29-30)28-26(31)22-5-3-4-21(15-22)17-32-24-11-10-23(27)14-19(24)2/h3-15H,16-17H2,1-2H3,(H,28,29,31). The van der Waals surface area contributed by atoms with Crippen molar-refractivity contribution in [2.75, 3.05) is 5.32 Å². The molecule has 162 valence electrons. The van der Waals surface area contributed by atoms with E-state index in [1.54, 1.807) is 22.9 Å². The van der Waals surface area contributed by atoms with Gasteiger partial charge < -0.3 is 10.1 Å². The van der Waals surface area contributed by atoms with E-state index in [-0.39, 0.29) is 5.91 Å². The number of carbonyl (C=O) groups excluding carboxylic acids is 1. The number of benzene rings is 3. The van der Waals surface area contributed by atoms with E-state index in [0.717, 1.165) is 22.4 Å². The molecule has 4 aromatic rings. The number of hydrogen-bond donors (Lipinski definition) is 1. The molecule has 0 aliphatic carbocycles. The summed E-state index contributed by atoms with van der Waals surface area (Å²) in [5.74, 6) is 1.07. The molecule has 0 aliphatic rings. The lowest BCUT2D eigenvalue weighted by atomic mass is 10.1. The van der Waals surface area contributed by atoms with Crippen molar-refractivity contribution in [3.8, 4) is 5.75 Å². The van der Waals surface area contributed by atoms with Gasteiger partial charge in [-0.05, 0) is 60.9 Å². The number of halogens is 1. The number of amides is 1. The lowest BCUT2D eigenvalue weighted by Gasteiger charge is -2.10. The normalized spacial score (nSPS) is 10.7. The number of hydrogen-bond acceptors (Lipinski definition) is 3. The molecular formula is C26H24ClN3O2. The summed E-state index contributed by atoms with van der Waals surface area (Å²) < 4.78 is 7.70. The maximum Gasteiger partial charge on any atom is 0.256 e. The fourth-order valence-electron chi connectivity index (χ4n) is 3.32. The minimum atomic E-state index is -0.213. The van der Waals surface area contributed by atoms with Crippen molar-refractivity contribution < 1.29 is 9.53 Å². The van der Waals surface area contributed by atoms with Crippen molar-refractivity contribution in [1.82, 2.24) is 9.78 Å². The summed E-state index contributed by atoms with van der Waals surface area (Å²) in [5.41, 5.74) is 4.79. The Hall–Kier alpha value is -3.57. The number of nitrogens with one attached hydrogen (secondary N) is 1. The highest BCUT2D eigenvalue weighted by Crippen LogP contribution is 2.23. The number of aromatic nitrogens is 2. The summed E-state index contributed by atoms with van der Waals surface area (Å²) in [5, 5.41) is 8.00. The van der Waals surface area contributed by atoms with Gasteiger partial charge in [0, 0.05) is 22.8 Å². The Labute approximate surface area is 192 Å². The first-order valence-electron chi connectivity index (χ1n) is 10.3. The molecule has 0 saturated heterocycles. The van der Waals surface area contributed by atoms with Crippen LogP contribution in [0.1, 0.15) is 32.6 Å². The van der Waals surface area contributed by atoms with Crippen LogP contribution < -0.4 is 10.1 Å². The molecule has 0 saturated carbocycles. The lowest BCUT2D eigenvalue weighted by molar-refractivity contribution is 0.102. The summed E-state index contributed by atoms with van der Waals surface area (Å²) in [6.45, 7) is 5.01. The molecule has 1 heterocycles. The SMILES string of the molecule is Cc1ccc(Cn2ccc(NC(=O)c3cccc(COc4ccc(Cl)cc4C)c3)n2)cc1. The second-order valence-corrected chi connectivity index (χ2v) is 8.17. The highest BCUT2D eigenvalue weighted by molar-refractivity contribution is 6.30. The van der Waals surface area contributed by atoms with Crippen LogP contribution in [0.4, 0.5) is 5.82 Å². The summed E-state index contributed by atoms with van der Waals surface area (Å²) in [6, 6.07) is 23.0. The molecule has 0 aliphatic heterocycles. The molecule has 1 N–H and O–H groups in total. The van der Waals surface area contributed by atoms with Gasteiger partial charge in [-0.1, -0.05) is 53.6 Å². The third-order valence-corrected chi connectivity index (χ3v) is 5.30. The summed E-state index contributed by atoms with van der Waals surface area (Å²) in [7, 11) is 0. The van der Waals surface area contributed by atoms with Crippen LogP contribution in [0.3, 0.4) is 0 Å². The van der Waals surface area contributed by atoms with E-state index in [1.807, 2.05) is 43.5 Å². The second kappa shape index (κ2) is 9.71. The highest BCUT2D eigenvalue weighted by Gasteiger charge is 2.10. The molecule has 0 atom stereocenters. The van der Waals surface area contributed by atoms with Crippen LogP contribution in [-0.2, 0) is 13.2 Å². The first-order chi connectivity index (χ1) is 15.5. The Kier molecular flexibility index (Phi) is 6.57. The fourth-order valence-corrected chi connectivity index (χ4v) is 3.55. The van der Waals surface area contributed by atoms with E-state index in [9.17, 15) is 4.79 Å². The van der Waals surface area contributed by atoms with Crippen molar-refractivity contribution in [1.29, 1.82) is 0 Å². The zero-order chi connectivity index (χ0) is 22.5. The molecule has 5 nitrogen and oxygen atoms in total. The summed E-state index contributed by atoms with van der Waals surface area (Å²) in [6.07, 6.45) is 1.86. The maximum absolute atomic E-state index is 12.7. The Morgan fingerprint density at radius 2 is 1.81 bits per heavy atom. The molecule has 32 heavy (non-hydrogen) atoms. The van der Waals surface area contributed by atoms with Gasteiger partial charge in [0.05, 0.1) is 6.54 Å². The van der Waals surface area contributed by atoms with Crippen LogP contribution in [0.15, 0.2) is 79.0 Å². The number of nitrogens with zero attached hydrogens (tertiary/aromatic N) is 2. The van der Waals surface area contributed by atoms with E-state index >= 15 is 0 Å². The summed E-state index contributed by atoms with van der Waals surface area (Å²) in [4.78, 5) is 12.7. The smallest absolute Gasteiger partial charge is 0.256 e. The molecule has 0 bridgehead atoms. The van der Waals surface area contributed by atoms with Crippen LogP contribution in [0.5, 0.6) is 5.75 Å². The number of anilines is 1. The van der Waals surface area contributed by atoms with Crippen molar-refractivity contribution in [2.24, 2.45) is 0 Å². The van der Waals surface area contributed by atoms with Crippen molar-refractivity contribution >= 4 is 23.3 Å². The third-order valence-electron chi connectivity index (χ3n) is 5.07. The zero-order valence-corrected chi connectivity index (χ0v) is 18.8. The van der Waals surface area contributed by atoms with Crippen LogP contribution >= 0.6 is 11.6 Å². The molecule has 0 unspecified atom stereocenters. The number of carbonyl (C=O) groups is 1. The Morgan fingerprint density at radius 3 is 2.59 bits per heavy atom. The van der Waals surface area contributed by atoms with Gasteiger partial charge in [-0.3, -0.25) is 9.48 Å². The van der Waals surface area contributed by atoms with Gasteiger partial charge in [-0.2, -0.15) is 5.10 Å². The highest BCUT2D eigenvalue weighted by atomic mass is 35.5. The van der Waals surface area contributed by atoms with Crippen molar-refractivity contribution in [2.45, 2.75) is 27.0 Å². The predicted molar refractivity (Wildman–Crippen MR) is 127 cm³/mol. The Balaban J connectivity index is 1.37. The first kappa shape index (κ1) is 21.7. The maximum atomic E-state index is 12.7. The summed E-state index contributed by atoms with van der Waals surface area (Å²) >= 11 is 6.00. The van der Waals surface area contributed by atoms with Crippen molar-refractivity contribution in [3.63, 3.8) is 0 Å². The van der Waals surface area contributed by atoms with Gasteiger partial charge in [0.15, 0.2) is 5.82 Å². The van der Waals surface area contributed by atoms with Crippen LogP contribution in [-0.4, -0.2) is 15.7 Å². The average molecular weight is 446 g/mol. The van der Waals surface area contributed by atoms with Gasteiger partial charge in [-0.25, -0.2) is 0 Å². The predicted octanol–water partition coefficient (Wildman–Crippen LogP) is 6.03. The van der Waals surface area contributed by atoms with Gasteiger partial charge in [-0.15, -0.1) is 0 Å². The molecule has 4 rings (SSSR count). The van der Waals surface area contributed by atoms with E-state index < -0.39 is 0 Å². The first-order valence-corrected chi connectivity index (χ1v) is 10.7. The molecule has 1 amide bonds. The molecule has 0 spiro atoms. The van der Waals surface area contributed by atoms with Crippen molar-refractivity contribution in [3.05, 3.63) is 112 Å². The monoisotopic (exact) mass is 445 g/mol. The molecule has 0 fully saturated rings. The molecule has 6 heteroatoms. The number of aryl methyl sites for hydroxylation is 2. The van der Waals surface area contributed by atoms with E-state index in [4.69, 9.17) is 16.3 Å². The largest absolute Gasteiger partial charge is 0.489 e. The zero-order valence-electron chi connectivity index (χ0n) is 18.0. The van der Waals surface area contributed by atoms with Crippen LogP contribution in [0.2, 0.25) is 5.02 Å². The molecule has 1 aromatic heterocycles. The van der Waals surface area contributed by atoms with Crippen LogP contribution in [0, 0.1) is 13.8 Å². The quantitative estimate of drug-likeness (QED) is 0.377. The van der Waals surface area contributed by atoms with Gasteiger partial charge in [0.1, 0.15) is 12.4 Å². The Bertz CT molecular complexity index is 1230. The van der Waals surface area contributed by atoms with Gasteiger partial charge in [0.25, 0.3) is 5.91 Å². The van der Waals surface area contributed by atoms with Gasteiger partial charge >= 0.3 is 0 Å². The molecule has 3 aromatic carbocycles. The topological polar surface area (TPSA) is 56.2 Å². The van der Waals surface area contributed by atoms with E-state index in [1.165, 1.54) is 5.56 Å². The number of rotatable bonds is 7. The number of ether oxygens (including phenoxy) is 1. The van der Waals surface area contributed by atoms with Gasteiger partial charge in [0.2, 0.25) is 0 Å². The second-order valence-electron chi connectivity index (χ2n) is 7.74. The van der Waals surface area contributed by atoms with Crippen LogP contribution in [0.25, 0.3) is 0 Å². The lowest BCUT2D eigenvalue weighted by Crippen LogP contribution is -2.13. The minimum Gasteiger partial charge on any atom is -0.489 e. The third kappa shape index (κ3) is 5.56. The van der Waals surface area contributed by atoms with E-state index in [0.29, 0.717) is 29.6 Å².